The van der Waals surface area contributed by atoms with Crippen LogP contribution in [0.4, 0.5) is 0 Å². The van der Waals surface area contributed by atoms with Gasteiger partial charge in [0.2, 0.25) is 0 Å². The van der Waals surface area contributed by atoms with Crippen LogP contribution in [0.15, 0.2) is 15.9 Å². The van der Waals surface area contributed by atoms with Crippen LogP contribution in [0.3, 0.4) is 0 Å². The van der Waals surface area contributed by atoms with Crippen LogP contribution < -0.4 is 0 Å². The average molecular weight is 332 g/mol. The van der Waals surface area contributed by atoms with Crippen LogP contribution in [-0.2, 0) is 6.42 Å². The average Bonchev–Trinajstić information content (AvgIpc) is 2.76. The van der Waals surface area contributed by atoms with Gasteiger partial charge in [0.05, 0.1) is 6.10 Å². The van der Waals surface area contributed by atoms with Gasteiger partial charge in [-0.1, -0.05) is 6.42 Å². The van der Waals surface area contributed by atoms with E-state index in [1.165, 1.54) is 24.1 Å². The van der Waals surface area contributed by atoms with Gasteiger partial charge < -0.3 is 5.11 Å². The van der Waals surface area contributed by atoms with Crippen LogP contribution in [0.1, 0.15) is 38.0 Å². The van der Waals surface area contributed by atoms with Crippen molar-refractivity contribution in [1.29, 1.82) is 0 Å². The fourth-order valence-corrected chi connectivity index (χ4v) is 4.07. The monoisotopic (exact) mass is 331 g/mol. The summed E-state index contributed by atoms with van der Waals surface area (Å²) >= 11 is 5.18. The Morgan fingerprint density at radius 2 is 2.06 bits per heavy atom. The number of aliphatic hydroxyl groups is 1. The highest BCUT2D eigenvalue weighted by atomic mass is 79.9. The summed E-state index contributed by atoms with van der Waals surface area (Å²) in [5.41, 5.74) is -0.128. The van der Waals surface area contributed by atoms with Gasteiger partial charge in [-0.05, 0) is 61.8 Å². The minimum atomic E-state index is -0.304. The Labute approximate surface area is 122 Å². The largest absolute Gasteiger partial charge is 0.391 e. The molecule has 18 heavy (non-hydrogen) atoms. The van der Waals surface area contributed by atoms with Crippen LogP contribution in [-0.4, -0.2) is 34.7 Å². The standard InChI is InChI=1S/C14H22BrNOS/c1-14(2,16-6-4-3-5-7-16)13(17)9-12-8-11(15)10-18-12/h8,10,13,17H,3-7,9H2,1-2H3. The van der Waals surface area contributed by atoms with Crippen molar-refractivity contribution >= 4 is 27.3 Å². The summed E-state index contributed by atoms with van der Waals surface area (Å²) in [6.45, 7) is 6.59. The van der Waals surface area contributed by atoms with Crippen molar-refractivity contribution in [1.82, 2.24) is 4.90 Å². The zero-order valence-corrected chi connectivity index (χ0v) is 13.6. The molecule has 0 amide bonds. The molecule has 1 N–H and O–H groups in total. The number of aliphatic hydroxyl groups excluding tert-OH is 1. The maximum Gasteiger partial charge on any atom is 0.0766 e. The summed E-state index contributed by atoms with van der Waals surface area (Å²) in [5, 5.41) is 12.6. The van der Waals surface area contributed by atoms with Gasteiger partial charge in [-0.2, -0.15) is 0 Å². The summed E-state index contributed by atoms with van der Waals surface area (Å²) in [6.07, 6.45) is 4.31. The third-order valence-corrected chi connectivity index (χ3v) is 5.72. The van der Waals surface area contributed by atoms with Crippen LogP contribution in [0.5, 0.6) is 0 Å². The second-order valence-electron chi connectivity index (χ2n) is 5.65. The zero-order valence-electron chi connectivity index (χ0n) is 11.2. The van der Waals surface area contributed by atoms with Crippen LogP contribution >= 0.6 is 27.3 Å². The van der Waals surface area contributed by atoms with Crippen molar-refractivity contribution in [2.45, 2.75) is 51.2 Å². The molecular weight excluding hydrogens is 310 g/mol. The Morgan fingerprint density at radius 1 is 1.39 bits per heavy atom. The summed E-state index contributed by atoms with van der Waals surface area (Å²) in [6, 6.07) is 2.11. The maximum absolute atomic E-state index is 10.5. The Kier molecular flexibility index (Phi) is 4.86. The van der Waals surface area contributed by atoms with E-state index in [4.69, 9.17) is 0 Å². The van der Waals surface area contributed by atoms with Gasteiger partial charge in [-0.15, -0.1) is 11.3 Å². The van der Waals surface area contributed by atoms with E-state index in [9.17, 15) is 5.11 Å². The molecule has 1 atom stereocenters. The fraction of sp³-hybridized carbons (Fsp3) is 0.714. The summed E-state index contributed by atoms with van der Waals surface area (Å²) < 4.78 is 1.12. The molecule has 1 unspecified atom stereocenters. The Balaban J connectivity index is 1.99. The van der Waals surface area contributed by atoms with E-state index in [0.29, 0.717) is 0 Å². The highest BCUT2D eigenvalue weighted by Gasteiger charge is 2.35. The topological polar surface area (TPSA) is 23.5 Å². The van der Waals surface area contributed by atoms with Gasteiger partial charge in [-0.3, -0.25) is 4.90 Å². The molecule has 2 rings (SSSR count). The van der Waals surface area contributed by atoms with Crippen molar-refractivity contribution < 1.29 is 5.11 Å². The first-order valence-electron chi connectivity index (χ1n) is 6.66. The highest BCUT2D eigenvalue weighted by Crippen LogP contribution is 2.28. The Hall–Kier alpha value is 0.1000. The van der Waals surface area contributed by atoms with Crippen LogP contribution in [0.25, 0.3) is 0 Å². The summed E-state index contributed by atoms with van der Waals surface area (Å²) in [4.78, 5) is 3.70. The van der Waals surface area contributed by atoms with Gasteiger partial charge in [-0.25, -0.2) is 0 Å². The van der Waals surface area contributed by atoms with Crippen molar-refractivity contribution in [2.75, 3.05) is 13.1 Å². The van der Waals surface area contributed by atoms with E-state index in [0.717, 1.165) is 24.0 Å². The second kappa shape index (κ2) is 6.04. The molecule has 0 spiro atoms. The first-order valence-corrected chi connectivity index (χ1v) is 8.33. The molecule has 2 heterocycles. The lowest BCUT2D eigenvalue weighted by atomic mass is 9.90. The number of hydrogen-bond donors (Lipinski definition) is 1. The predicted octanol–water partition coefficient (Wildman–Crippen LogP) is 3.68. The summed E-state index contributed by atoms with van der Waals surface area (Å²) in [5.74, 6) is 0. The van der Waals surface area contributed by atoms with Gasteiger partial charge in [0, 0.05) is 26.7 Å². The molecule has 1 aliphatic heterocycles. The molecule has 0 aromatic carbocycles. The van der Waals surface area contributed by atoms with E-state index in [1.54, 1.807) is 11.3 Å². The second-order valence-corrected chi connectivity index (χ2v) is 7.56. The van der Waals surface area contributed by atoms with E-state index in [-0.39, 0.29) is 11.6 Å². The molecule has 0 bridgehead atoms. The first-order chi connectivity index (χ1) is 8.50. The molecular formula is C14H22BrNOS. The molecule has 1 aliphatic rings. The number of rotatable bonds is 4. The van der Waals surface area contributed by atoms with Crippen molar-refractivity contribution in [3.05, 3.63) is 20.8 Å². The lowest BCUT2D eigenvalue weighted by Crippen LogP contribution is -2.54. The Morgan fingerprint density at radius 3 is 2.61 bits per heavy atom. The van der Waals surface area contributed by atoms with Crippen LogP contribution in [0, 0.1) is 0 Å². The van der Waals surface area contributed by atoms with Gasteiger partial charge in [0.15, 0.2) is 0 Å². The molecule has 4 heteroatoms. The molecule has 1 aromatic heterocycles. The molecule has 0 aliphatic carbocycles. The number of piperidine rings is 1. The van der Waals surface area contributed by atoms with E-state index < -0.39 is 0 Å². The van der Waals surface area contributed by atoms with Gasteiger partial charge in [0.25, 0.3) is 0 Å². The maximum atomic E-state index is 10.5. The van der Waals surface area contributed by atoms with Gasteiger partial charge >= 0.3 is 0 Å². The third-order valence-electron chi connectivity index (χ3n) is 4.00. The smallest absolute Gasteiger partial charge is 0.0766 e. The fourth-order valence-electron chi connectivity index (χ4n) is 2.58. The first kappa shape index (κ1) is 14.5. The number of hydrogen-bond acceptors (Lipinski definition) is 3. The molecule has 2 nitrogen and oxygen atoms in total. The number of halogens is 1. The van der Waals surface area contributed by atoms with Crippen molar-refractivity contribution in [2.24, 2.45) is 0 Å². The zero-order chi connectivity index (χ0) is 13.2. The minimum absolute atomic E-state index is 0.128. The molecule has 102 valence electrons. The molecule has 1 saturated heterocycles. The summed E-state index contributed by atoms with van der Waals surface area (Å²) in [7, 11) is 0. The number of thiophene rings is 1. The predicted molar refractivity (Wildman–Crippen MR) is 81.2 cm³/mol. The Bertz CT molecular complexity index is 385. The van der Waals surface area contributed by atoms with Crippen LogP contribution in [0.2, 0.25) is 0 Å². The van der Waals surface area contributed by atoms with E-state index >= 15 is 0 Å². The molecule has 0 radical (unpaired) electrons. The van der Waals surface area contributed by atoms with E-state index in [2.05, 4.69) is 46.1 Å². The SMILES string of the molecule is CC(C)(C(O)Cc1cc(Br)cs1)N1CCCCC1. The van der Waals surface area contributed by atoms with Crippen molar-refractivity contribution in [3.63, 3.8) is 0 Å². The quantitative estimate of drug-likeness (QED) is 0.909. The minimum Gasteiger partial charge on any atom is -0.391 e. The highest BCUT2D eigenvalue weighted by molar-refractivity contribution is 9.10. The molecule has 1 fully saturated rings. The number of nitrogens with zero attached hydrogens (tertiary/aromatic N) is 1. The number of likely N-dealkylation sites (tertiary alicyclic amines) is 1. The lowest BCUT2D eigenvalue weighted by molar-refractivity contribution is -0.0183. The normalized spacial score (nSPS) is 20.0. The third kappa shape index (κ3) is 3.35. The molecule has 1 aromatic rings. The lowest BCUT2D eigenvalue weighted by Gasteiger charge is -2.44. The van der Waals surface area contributed by atoms with Gasteiger partial charge in [0.1, 0.15) is 0 Å². The van der Waals surface area contributed by atoms with E-state index in [1.807, 2.05) is 0 Å². The molecule has 0 saturated carbocycles. The van der Waals surface area contributed by atoms with Crippen molar-refractivity contribution in [3.8, 4) is 0 Å².